The molecule has 0 amide bonds. The van der Waals surface area contributed by atoms with Crippen LogP contribution in [0.25, 0.3) is 11.4 Å². The van der Waals surface area contributed by atoms with Crippen molar-refractivity contribution in [1.82, 2.24) is 14.8 Å². The van der Waals surface area contributed by atoms with E-state index in [1.165, 1.54) is 0 Å². The Kier molecular flexibility index (Phi) is 4.14. The molecule has 6 heteroatoms. The molecule has 0 radical (unpaired) electrons. The van der Waals surface area contributed by atoms with E-state index >= 15 is 0 Å². The first-order chi connectivity index (χ1) is 9.02. The van der Waals surface area contributed by atoms with Gasteiger partial charge in [-0.25, -0.2) is 8.78 Å². The van der Waals surface area contributed by atoms with Crippen molar-refractivity contribution in [3.63, 3.8) is 0 Å². The van der Waals surface area contributed by atoms with Crippen LogP contribution in [-0.2, 0) is 12.4 Å². The molecule has 0 fully saturated rings. The van der Waals surface area contributed by atoms with Gasteiger partial charge in [-0.3, -0.25) is 0 Å². The lowest BCUT2D eigenvalue weighted by Crippen LogP contribution is -2.10. The van der Waals surface area contributed by atoms with Gasteiger partial charge in [-0.1, -0.05) is 13.8 Å². The Labute approximate surface area is 115 Å². The maximum absolute atomic E-state index is 13.8. The van der Waals surface area contributed by atoms with Gasteiger partial charge in [0.25, 0.3) is 0 Å². The zero-order valence-corrected chi connectivity index (χ0v) is 11.5. The van der Waals surface area contributed by atoms with Gasteiger partial charge < -0.3 is 4.57 Å². The van der Waals surface area contributed by atoms with E-state index in [4.69, 9.17) is 11.6 Å². The fourth-order valence-corrected chi connectivity index (χ4v) is 2.06. The number of nitrogens with zero attached hydrogens (tertiary/aromatic N) is 3. The van der Waals surface area contributed by atoms with Gasteiger partial charge in [0.1, 0.15) is 17.5 Å². The maximum atomic E-state index is 13.8. The molecule has 1 aromatic heterocycles. The van der Waals surface area contributed by atoms with Crippen LogP contribution in [0.15, 0.2) is 18.2 Å². The fourth-order valence-electron chi connectivity index (χ4n) is 1.86. The molecule has 1 aromatic carbocycles. The van der Waals surface area contributed by atoms with E-state index in [-0.39, 0.29) is 11.4 Å². The largest absolute Gasteiger partial charge is 0.310 e. The van der Waals surface area contributed by atoms with Crippen LogP contribution in [0.1, 0.15) is 19.7 Å². The molecule has 3 nitrogen and oxygen atoms in total. The summed E-state index contributed by atoms with van der Waals surface area (Å²) in [5, 5.41) is 7.86. The molecule has 0 bridgehead atoms. The van der Waals surface area contributed by atoms with Gasteiger partial charge in [-0.15, -0.1) is 21.8 Å². The van der Waals surface area contributed by atoms with Crippen LogP contribution in [-0.4, -0.2) is 14.8 Å². The molecular weight excluding hydrogens is 272 g/mol. The number of hydrogen-bond acceptors (Lipinski definition) is 2. The second-order valence-electron chi connectivity index (χ2n) is 4.70. The van der Waals surface area contributed by atoms with Gasteiger partial charge in [0, 0.05) is 6.54 Å². The summed E-state index contributed by atoms with van der Waals surface area (Å²) in [4.78, 5) is 0. The Morgan fingerprint density at radius 1 is 1.26 bits per heavy atom. The monoisotopic (exact) mass is 285 g/mol. The molecule has 2 aromatic rings. The third-order valence-corrected chi connectivity index (χ3v) is 2.90. The summed E-state index contributed by atoms with van der Waals surface area (Å²) >= 11 is 5.80. The van der Waals surface area contributed by atoms with Crippen LogP contribution in [0.2, 0.25) is 0 Å². The van der Waals surface area contributed by atoms with Crippen molar-refractivity contribution >= 4 is 11.6 Å². The number of rotatable bonds is 4. The lowest BCUT2D eigenvalue weighted by Gasteiger charge is -2.12. The number of benzene rings is 1. The van der Waals surface area contributed by atoms with Crippen molar-refractivity contribution < 1.29 is 8.78 Å². The summed E-state index contributed by atoms with van der Waals surface area (Å²) in [5.74, 6) is 0.308. The summed E-state index contributed by atoms with van der Waals surface area (Å²) in [7, 11) is 0. The molecule has 1 heterocycles. The molecule has 0 atom stereocenters. The van der Waals surface area contributed by atoms with Gasteiger partial charge in [0.2, 0.25) is 0 Å². The van der Waals surface area contributed by atoms with Crippen molar-refractivity contribution in [2.75, 3.05) is 0 Å². The topological polar surface area (TPSA) is 30.7 Å². The Hall–Kier alpha value is -1.49. The van der Waals surface area contributed by atoms with Crippen molar-refractivity contribution in [1.29, 1.82) is 0 Å². The first-order valence-electron chi connectivity index (χ1n) is 5.96. The van der Waals surface area contributed by atoms with Crippen molar-refractivity contribution in [3.05, 3.63) is 35.7 Å². The molecule has 0 N–H and O–H groups in total. The number of hydrogen-bond donors (Lipinski definition) is 0. The van der Waals surface area contributed by atoms with Gasteiger partial charge in [-0.2, -0.15) is 0 Å². The normalized spacial score (nSPS) is 11.3. The molecule has 0 spiro atoms. The second kappa shape index (κ2) is 5.65. The highest BCUT2D eigenvalue weighted by Gasteiger charge is 2.17. The minimum Gasteiger partial charge on any atom is -0.310 e. The third-order valence-electron chi connectivity index (χ3n) is 2.66. The van der Waals surface area contributed by atoms with E-state index in [9.17, 15) is 8.78 Å². The van der Waals surface area contributed by atoms with E-state index in [0.717, 1.165) is 18.2 Å². The molecule has 102 valence electrons. The molecule has 0 aliphatic carbocycles. The second-order valence-corrected chi connectivity index (χ2v) is 4.97. The van der Waals surface area contributed by atoms with Crippen LogP contribution in [0.5, 0.6) is 0 Å². The fraction of sp³-hybridized carbons (Fsp3) is 0.385. The highest BCUT2D eigenvalue weighted by atomic mass is 35.5. The Balaban J connectivity index is 2.55. The van der Waals surface area contributed by atoms with E-state index < -0.39 is 11.6 Å². The predicted molar refractivity (Wildman–Crippen MR) is 69.8 cm³/mol. The van der Waals surface area contributed by atoms with Crippen molar-refractivity contribution in [2.24, 2.45) is 5.92 Å². The average molecular weight is 286 g/mol. The first-order valence-corrected chi connectivity index (χ1v) is 6.49. The lowest BCUT2D eigenvalue weighted by molar-refractivity contribution is 0.513. The molecule has 0 aliphatic rings. The van der Waals surface area contributed by atoms with Crippen LogP contribution in [0.3, 0.4) is 0 Å². The SMILES string of the molecule is CC(C)Cn1c(CCl)nnc1-c1cc(F)ccc1F. The summed E-state index contributed by atoms with van der Waals surface area (Å²) in [6.45, 7) is 4.63. The quantitative estimate of drug-likeness (QED) is 0.803. The molecule has 19 heavy (non-hydrogen) atoms. The van der Waals surface area contributed by atoms with Gasteiger partial charge >= 0.3 is 0 Å². The number of alkyl halides is 1. The standard InChI is InChI=1S/C13H14ClF2N3/c1-8(2)7-19-12(6-14)17-18-13(19)10-5-9(15)3-4-11(10)16/h3-5,8H,6-7H2,1-2H3. The van der Waals surface area contributed by atoms with Crippen LogP contribution in [0, 0.1) is 17.6 Å². The zero-order chi connectivity index (χ0) is 14.0. The van der Waals surface area contributed by atoms with Crippen molar-refractivity contribution in [2.45, 2.75) is 26.3 Å². The molecular formula is C13H14ClF2N3. The summed E-state index contributed by atoms with van der Waals surface area (Å²) in [6.07, 6.45) is 0. The average Bonchev–Trinajstić information content (AvgIpc) is 2.74. The Bertz CT molecular complexity index is 581. The summed E-state index contributed by atoms with van der Waals surface area (Å²) in [6, 6.07) is 3.28. The predicted octanol–water partition coefficient (Wildman–Crippen LogP) is 3.62. The van der Waals surface area contributed by atoms with Crippen LogP contribution in [0.4, 0.5) is 8.78 Å². The van der Waals surface area contributed by atoms with Gasteiger partial charge in [-0.05, 0) is 24.1 Å². The van der Waals surface area contributed by atoms with Gasteiger partial charge in [0.15, 0.2) is 5.82 Å². The zero-order valence-electron chi connectivity index (χ0n) is 10.7. The van der Waals surface area contributed by atoms with E-state index in [2.05, 4.69) is 10.2 Å². The Morgan fingerprint density at radius 3 is 2.63 bits per heavy atom. The summed E-state index contributed by atoms with van der Waals surface area (Å²) in [5.41, 5.74) is 0.101. The van der Waals surface area contributed by atoms with Gasteiger partial charge in [0.05, 0.1) is 11.4 Å². The minimum absolute atomic E-state index is 0.101. The molecule has 0 saturated carbocycles. The Morgan fingerprint density at radius 2 is 2.00 bits per heavy atom. The maximum Gasteiger partial charge on any atom is 0.167 e. The smallest absolute Gasteiger partial charge is 0.167 e. The molecule has 0 unspecified atom stereocenters. The van der Waals surface area contributed by atoms with E-state index in [1.54, 1.807) is 4.57 Å². The highest BCUT2D eigenvalue weighted by Crippen LogP contribution is 2.24. The first kappa shape index (κ1) is 13.9. The number of aromatic nitrogens is 3. The molecule has 0 aliphatic heterocycles. The van der Waals surface area contributed by atoms with E-state index in [1.807, 2.05) is 13.8 Å². The van der Waals surface area contributed by atoms with E-state index in [0.29, 0.717) is 24.1 Å². The number of halogens is 3. The van der Waals surface area contributed by atoms with Crippen LogP contribution < -0.4 is 0 Å². The summed E-state index contributed by atoms with van der Waals surface area (Å²) < 4.78 is 28.8. The minimum atomic E-state index is -0.528. The third kappa shape index (κ3) is 2.92. The van der Waals surface area contributed by atoms with Crippen molar-refractivity contribution in [3.8, 4) is 11.4 Å². The molecule has 0 saturated heterocycles. The lowest BCUT2D eigenvalue weighted by atomic mass is 10.1. The van der Waals surface area contributed by atoms with Crippen LogP contribution >= 0.6 is 11.6 Å². The molecule has 2 rings (SSSR count). The highest BCUT2D eigenvalue weighted by molar-refractivity contribution is 6.16.